The van der Waals surface area contributed by atoms with Crippen molar-refractivity contribution >= 4 is 27.6 Å². The van der Waals surface area contributed by atoms with Crippen LogP contribution < -0.4 is 0 Å². The Hall–Kier alpha value is -2.42. The maximum absolute atomic E-state index is 4.64. The van der Waals surface area contributed by atoms with Gasteiger partial charge in [0.25, 0.3) is 0 Å². The fourth-order valence-electron chi connectivity index (χ4n) is 2.26. The van der Waals surface area contributed by atoms with Gasteiger partial charge < -0.3 is 0 Å². The van der Waals surface area contributed by atoms with Crippen LogP contribution >= 0.6 is 0 Å². The fourth-order valence-corrected chi connectivity index (χ4v) is 2.26. The van der Waals surface area contributed by atoms with E-state index in [9.17, 15) is 0 Å². The lowest BCUT2D eigenvalue weighted by Gasteiger charge is -1.99. The molecule has 3 heteroatoms. The Bertz CT molecular complexity index is 846. The predicted octanol–water partition coefficient (Wildman–Crippen LogP) is 3.04. The van der Waals surface area contributed by atoms with Gasteiger partial charge in [0.15, 0.2) is 5.65 Å². The zero-order valence-electron chi connectivity index (χ0n) is 9.04. The number of aromatic nitrogens is 3. The first kappa shape index (κ1) is 8.70. The molecule has 0 aliphatic carbocycles. The molecule has 0 N–H and O–H groups in total. The summed E-state index contributed by atoms with van der Waals surface area (Å²) in [5.74, 6) is 0. The normalized spacial score (nSPS) is 11.5. The van der Waals surface area contributed by atoms with Crippen molar-refractivity contribution in [2.45, 2.75) is 0 Å². The van der Waals surface area contributed by atoms with Crippen LogP contribution in [0.3, 0.4) is 0 Å². The molecule has 4 rings (SSSR count). The molecule has 0 unspecified atom stereocenters. The average molecular weight is 219 g/mol. The van der Waals surface area contributed by atoms with Gasteiger partial charge in [-0.15, -0.1) is 0 Å². The first-order valence-corrected chi connectivity index (χ1v) is 5.54. The second kappa shape index (κ2) is 3.04. The number of hydrogen-bond donors (Lipinski definition) is 0. The molecule has 0 spiro atoms. The molecule has 3 aromatic heterocycles. The van der Waals surface area contributed by atoms with Crippen molar-refractivity contribution in [3.8, 4) is 0 Å². The first-order valence-electron chi connectivity index (χ1n) is 5.54. The Balaban J connectivity index is 2.34. The summed E-state index contributed by atoms with van der Waals surface area (Å²) in [6, 6.07) is 14.3. The van der Waals surface area contributed by atoms with E-state index < -0.39 is 0 Å². The van der Waals surface area contributed by atoms with E-state index in [-0.39, 0.29) is 0 Å². The molecule has 3 nitrogen and oxygen atoms in total. The molecule has 17 heavy (non-hydrogen) atoms. The molecule has 0 aliphatic heterocycles. The Morgan fingerprint density at radius 1 is 0.882 bits per heavy atom. The van der Waals surface area contributed by atoms with E-state index in [0.717, 1.165) is 22.2 Å². The third-order valence-electron chi connectivity index (χ3n) is 3.05. The van der Waals surface area contributed by atoms with Crippen molar-refractivity contribution < 1.29 is 0 Å². The van der Waals surface area contributed by atoms with Gasteiger partial charge in [-0.05, 0) is 23.6 Å². The standard InChI is InChI=1S/C14H9N3/c1-2-5-11-10(4-1)7-9-17-13(11)16-12-6-3-8-15-14(12)17/h1-9H. The maximum atomic E-state index is 4.64. The summed E-state index contributed by atoms with van der Waals surface area (Å²) in [5, 5.41) is 2.36. The maximum Gasteiger partial charge on any atom is 0.164 e. The molecule has 0 radical (unpaired) electrons. The second-order valence-corrected chi connectivity index (χ2v) is 4.05. The van der Waals surface area contributed by atoms with Crippen molar-refractivity contribution in [2.24, 2.45) is 0 Å². The number of imidazole rings is 1. The molecular weight excluding hydrogens is 210 g/mol. The van der Waals surface area contributed by atoms with E-state index in [1.165, 1.54) is 5.39 Å². The van der Waals surface area contributed by atoms with E-state index in [1.807, 2.05) is 34.9 Å². The number of pyridine rings is 2. The van der Waals surface area contributed by atoms with Gasteiger partial charge in [0.2, 0.25) is 0 Å². The monoisotopic (exact) mass is 219 g/mol. The van der Waals surface area contributed by atoms with Crippen LogP contribution in [0, 0.1) is 0 Å². The molecule has 0 amide bonds. The lowest BCUT2D eigenvalue weighted by molar-refractivity contribution is 1.20. The fraction of sp³-hybridized carbons (Fsp3) is 0. The van der Waals surface area contributed by atoms with Gasteiger partial charge in [-0.1, -0.05) is 24.3 Å². The lowest BCUT2D eigenvalue weighted by Crippen LogP contribution is -1.86. The molecule has 1 aromatic carbocycles. The van der Waals surface area contributed by atoms with Crippen molar-refractivity contribution in [1.29, 1.82) is 0 Å². The second-order valence-electron chi connectivity index (χ2n) is 4.05. The van der Waals surface area contributed by atoms with Crippen LogP contribution in [-0.2, 0) is 0 Å². The van der Waals surface area contributed by atoms with Gasteiger partial charge in [0.1, 0.15) is 11.2 Å². The van der Waals surface area contributed by atoms with E-state index in [4.69, 9.17) is 0 Å². The Morgan fingerprint density at radius 3 is 2.82 bits per heavy atom. The average Bonchev–Trinajstić information content (AvgIpc) is 2.78. The van der Waals surface area contributed by atoms with E-state index >= 15 is 0 Å². The van der Waals surface area contributed by atoms with Crippen LogP contribution in [-0.4, -0.2) is 14.4 Å². The number of rotatable bonds is 0. The summed E-state index contributed by atoms with van der Waals surface area (Å²) < 4.78 is 2.04. The molecule has 0 saturated heterocycles. The van der Waals surface area contributed by atoms with Crippen LogP contribution in [0.5, 0.6) is 0 Å². The number of hydrogen-bond acceptors (Lipinski definition) is 2. The summed E-state index contributed by atoms with van der Waals surface area (Å²) in [5.41, 5.74) is 2.81. The molecule has 4 aromatic rings. The Kier molecular flexibility index (Phi) is 1.56. The van der Waals surface area contributed by atoms with Crippen molar-refractivity contribution in [2.75, 3.05) is 0 Å². The largest absolute Gasteiger partial charge is 0.284 e. The molecular formula is C14H9N3. The Labute approximate surface area is 97.4 Å². The zero-order chi connectivity index (χ0) is 11.2. The smallest absolute Gasteiger partial charge is 0.164 e. The quantitative estimate of drug-likeness (QED) is 0.455. The number of benzene rings is 1. The summed E-state index contributed by atoms with van der Waals surface area (Å²) in [7, 11) is 0. The number of fused-ring (bicyclic) bond motifs is 5. The van der Waals surface area contributed by atoms with Gasteiger partial charge in [0, 0.05) is 17.8 Å². The summed E-state index contributed by atoms with van der Waals surface area (Å²) in [6.07, 6.45) is 3.83. The molecule has 0 fully saturated rings. The molecule has 0 aliphatic rings. The van der Waals surface area contributed by atoms with Crippen LogP contribution in [0.1, 0.15) is 0 Å². The summed E-state index contributed by atoms with van der Waals surface area (Å²) in [4.78, 5) is 9.02. The van der Waals surface area contributed by atoms with Gasteiger partial charge in [0.05, 0.1) is 0 Å². The van der Waals surface area contributed by atoms with E-state index in [1.54, 1.807) is 6.20 Å². The lowest BCUT2D eigenvalue weighted by atomic mass is 10.2. The number of nitrogens with zero attached hydrogens (tertiary/aromatic N) is 3. The third-order valence-corrected chi connectivity index (χ3v) is 3.05. The highest BCUT2D eigenvalue weighted by Gasteiger charge is 2.07. The van der Waals surface area contributed by atoms with Crippen LogP contribution in [0.2, 0.25) is 0 Å². The Morgan fingerprint density at radius 2 is 1.82 bits per heavy atom. The summed E-state index contributed by atoms with van der Waals surface area (Å²) >= 11 is 0. The van der Waals surface area contributed by atoms with Crippen LogP contribution in [0.15, 0.2) is 54.9 Å². The predicted molar refractivity (Wildman–Crippen MR) is 68.0 cm³/mol. The molecule has 0 saturated carbocycles. The highest BCUT2D eigenvalue weighted by Crippen LogP contribution is 2.22. The molecule has 80 valence electrons. The van der Waals surface area contributed by atoms with Crippen LogP contribution in [0.25, 0.3) is 27.6 Å². The topological polar surface area (TPSA) is 30.2 Å². The first-order chi connectivity index (χ1) is 8.43. The van der Waals surface area contributed by atoms with Crippen molar-refractivity contribution in [3.63, 3.8) is 0 Å². The minimum absolute atomic E-state index is 0.910. The zero-order valence-corrected chi connectivity index (χ0v) is 9.04. The highest BCUT2D eigenvalue weighted by atomic mass is 15.1. The van der Waals surface area contributed by atoms with Crippen LogP contribution in [0.4, 0.5) is 0 Å². The van der Waals surface area contributed by atoms with Gasteiger partial charge in [-0.3, -0.25) is 4.40 Å². The van der Waals surface area contributed by atoms with E-state index in [2.05, 4.69) is 28.2 Å². The van der Waals surface area contributed by atoms with E-state index in [0.29, 0.717) is 0 Å². The molecule has 3 heterocycles. The minimum Gasteiger partial charge on any atom is -0.284 e. The van der Waals surface area contributed by atoms with Crippen molar-refractivity contribution in [1.82, 2.24) is 14.4 Å². The SMILES string of the molecule is c1ccc2c(c1)ccn1c3ncccc3nc21. The summed E-state index contributed by atoms with van der Waals surface area (Å²) in [6.45, 7) is 0. The highest BCUT2D eigenvalue weighted by molar-refractivity contribution is 5.97. The van der Waals surface area contributed by atoms with Crippen molar-refractivity contribution in [3.05, 3.63) is 54.9 Å². The minimum atomic E-state index is 0.910. The third kappa shape index (κ3) is 1.11. The molecule has 0 atom stereocenters. The molecule has 0 bridgehead atoms. The van der Waals surface area contributed by atoms with Gasteiger partial charge >= 0.3 is 0 Å². The van der Waals surface area contributed by atoms with Gasteiger partial charge in [-0.25, -0.2) is 9.97 Å². The van der Waals surface area contributed by atoms with Gasteiger partial charge in [-0.2, -0.15) is 0 Å².